The highest BCUT2D eigenvalue weighted by Crippen LogP contribution is 2.21. The Bertz CT molecular complexity index is 791. The summed E-state index contributed by atoms with van der Waals surface area (Å²) in [5, 5.41) is 16.5. The van der Waals surface area contributed by atoms with Gasteiger partial charge in [0.05, 0.1) is 6.10 Å². The molecule has 1 unspecified atom stereocenters. The van der Waals surface area contributed by atoms with Crippen molar-refractivity contribution < 1.29 is 14.6 Å². The van der Waals surface area contributed by atoms with Gasteiger partial charge in [-0.25, -0.2) is 0 Å². The lowest BCUT2D eigenvalue weighted by atomic mass is 10.1. The Morgan fingerprint density at radius 3 is 2.79 bits per heavy atom. The highest BCUT2D eigenvalue weighted by Gasteiger charge is 2.12. The number of pyridine rings is 1. The number of nitrogens with one attached hydrogen (secondary N) is 1. The smallest absolute Gasteiger partial charge is 0.251 e. The molecule has 3 aromatic rings. The second-order valence-electron chi connectivity index (χ2n) is 5.10. The highest BCUT2D eigenvalue weighted by atomic mass is 32.1. The van der Waals surface area contributed by atoms with Crippen molar-refractivity contribution in [2.45, 2.75) is 6.10 Å². The normalized spacial score (nSPS) is 11.7. The zero-order valence-electron chi connectivity index (χ0n) is 12.8. The fourth-order valence-electron chi connectivity index (χ4n) is 2.12. The summed E-state index contributed by atoms with van der Waals surface area (Å²) in [6.07, 6.45) is 2.56. The second-order valence-corrected chi connectivity index (χ2v) is 5.88. The van der Waals surface area contributed by atoms with Gasteiger partial charge in [-0.1, -0.05) is 6.07 Å². The third-order valence-corrected chi connectivity index (χ3v) is 4.07. The molecule has 0 saturated heterocycles. The maximum atomic E-state index is 12.2. The van der Waals surface area contributed by atoms with E-state index in [0.717, 1.165) is 5.56 Å². The lowest BCUT2D eigenvalue weighted by Crippen LogP contribution is -2.28. The zero-order valence-corrected chi connectivity index (χ0v) is 13.6. The van der Waals surface area contributed by atoms with E-state index in [4.69, 9.17) is 4.74 Å². The van der Waals surface area contributed by atoms with E-state index < -0.39 is 6.10 Å². The Balaban J connectivity index is 1.62. The molecule has 0 aliphatic carbocycles. The molecule has 0 aliphatic rings. The molecule has 2 N–H and O–H groups in total. The van der Waals surface area contributed by atoms with Crippen LogP contribution in [0.5, 0.6) is 11.5 Å². The van der Waals surface area contributed by atoms with Crippen molar-refractivity contribution in [1.29, 1.82) is 0 Å². The molecule has 3 rings (SSSR count). The number of amides is 1. The lowest BCUT2D eigenvalue weighted by molar-refractivity contribution is 0.0916. The molecule has 0 saturated carbocycles. The first kappa shape index (κ1) is 16.2. The molecule has 0 bridgehead atoms. The standard InChI is InChI=1S/C18H16N2O3S/c21-17(14-6-9-24-12-14)11-20-18(22)13-2-1-3-16(10-13)23-15-4-7-19-8-5-15/h1-10,12,17,21H,11H2,(H,20,22). The number of aliphatic hydroxyl groups is 1. The number of carbonyl (C=O) groups is 1. The molecule has 24 heavy (non-hydrogen) atoms. The molecule has 0 fully saturated rings. The van der Waals surface area contributed by atoms with E-state index in [1.54, 1.807) is 48.8 Å². The van der Waals surface area contributed by atoms with Crippen LogP contribution in [0.4, 0.5) is 0 Å². The molecule has 0 radical (unpaired) electrons. The van der Waals surface area contributed by atoms with Gasteiger partial charge in [0.25, 0.3) is 5.91 Å². The maximum absolute atomic E-state index is 12.2. The first-order valence-electron chi connectivity index (χ1n) is 7.38. The number of nitrogens with zero attached hydrogens (tertiary/aromatic N) is 1. The molecule has 5 nitrogen and oxygen atoms in total. The van der Waals surface area contributed by atoms with E-state index in [0.29, 0.717) is 17.1 Å². The summed E-state index contributed by atoms with van der Waals surface area (Å²) in [5.74, 6) is 0.951. The summed E-state index contributed by atoms with van der Waals surface area (Å²) in [7, 11) is 0. The molecule has 1 atom stereocenters. The Morgan fingerprint density at radius 2 is 2.04 bits per heavy atom. The van der Waals surface area contributed by atoms with Crippen LogP contribution in [0.3, 0.4) is 0 Å². The van der Waals surface area contributed by atoms with Crippen LogP contribution in [0.15, 0.2) is 65.6 Å². The van der Waals surface area contributed by atoms with Gasteiger partial charge in [-0.2, -0.15) is 11.3 Å². The molecule has 6 heteroatoms. The van der Waals surface area contributed by atoms with E-state index in [-0.39, 0.29) is 12.5 Å². The average Bonchev–Trinajstić information content (AvgIpc) is 3.15. The van der Waals surface area contributed by atoms with Crippen LogP contribution >= 0.6 is 11.3 Å². The van der Waals surface area contributed by atoms with Crippen molar-refractivity contribution in [2.75, 3.05) is 6.54 Å². The van der Waals surface area contributed by atoms with Crippen LogP contribution in [-0.4, -0.2) is 22.5 Å². The van der Waals surface area contributed by atoms with E-state index in [2.05, 4.69) is 10.3 Å². The van der Waals surface area contributed by atoms with Crippen LogP contribution in [0.2, 0.25) is 0 Å². The van der Waals surface area contributed by atoms with Gasteiger partial charge in [-0.15, -0.1) is 0 Å². The SMILES string of the molecule is O=C(NCC(O)c1ccsc1)c1cccc(Oc2ccncc2)c1. The first-order valence-corrected chi connectivity index (χ1v) is 8.33. The molecule has 2 aromatic heterocycles. The largest absolute Gasteiger partial charge is 0.457 e. The Morgan fingerprint density at radius 1 is 1.21 bits per heavy atom. The minimum absolute atomic E-state index is 0.158. The third kappa shape index (κ3) is 4.18. The number of carbonyl (C=O) groups excluding carboxylic acids is 1. The summed E-state index contributed by atoms with van der Waals surface area (Å²) in [5.41, 5.74) is 1.27. The van der Waals surface area contributed by atoms with Gasteiger partial charge in [0.15, 0.2) is 0 Å². The van der Waals surface area contributed by atoms with Crippen LogP contribution in [0.1, 0.15) is 22.0 Å². The molecule has 2 heterocycles. The molecule has 1 amide bonds. The van der Waals surface area contributed by atoms with Gasteiger partial charge in [0.2, 0.25) is 0 Å². The molecule has 0 aliphatic heterocycles. The molecular weight excluding hydrogens is 324 g/mol. The third-order valence-electron chi connectivity index (χ3n) is 3.37. The topological polar surface area (TPSA) is 71.5 Å². The lowest BCUT2D eigenvalue weighted by Gasteiger charge is -2.11. The van der Waals surface area contributed by atoms with Crippen molar-refractivity contribution in [2.24, 2.45) is 0 Å². The van der Waals surface area contributed by atoms with E-state index in [1.807, 2.05) is 16.8 Å². The monoisotopic (exact) mass is 340 g/mol. The van der Waals surface area contributed by atoms with Gasteiger partial charge in [0.1, 0.15) is 11.5 Å². The Kier molecular flexibility index (Phi) is 5.20. The summed E-state index contributed by atoms with van der Waals surface area (Å²) in [4.78, 5) is 16.2. The van der Waals surface area contributed by atoms with Crippen LogP contribution in [0.25, 0.3) is 0 Å². The summed E-state index contributed by atoms with van der Waals surface area (Å²) in [6, 6.07) is 12.2. The van der Waals surface area contributed by atoms with Crippen LogP contribution in [0, 0.1) is 0 Å². The summed E-state index contributed by atoms with van der Waals surface area (Å²) >= 11 is 1.51. The molecule has 122 valence electrons. The molecule has 0 spiro atoms. The number of aliphatic hydroxyl groups excluding tert-OH is 1. The van der Waals surface area contributed by atoms with Crippen molar-refractivity contribution in [3.05, 3.63) is 76.7 Å². The molecular formula is C18H16N2O3S. The van der Waals surface area contributed by atoms with Crippen molar-refractivity contribution in [1.82, 2.24) is 10.3 Å². The van der Waals surface area contributed by atoms with E-state index >= 15 is 0 Å². The first-order chi connectivity index (χ1) is 11.7. The Labute approximate surface area is 143 Å². The fraction of sp³-hybridized carbons (Fsp3) is 0.111. The maximum Gasteiger partial charge on any atom is 0.251 e. The number of benzene rings is 1. The van der Waals surface area contributed by atoms with E-state index in [1.165, 1.54) is 11.3 Å². The minimum Gasteiger partial charge on any atom is -0.457 e. The summed E-state index contributed by atoms with van der Waals surface area (Å²) < 4.78 is 5.69. The van der Waals surface area contributed by atoms with E-state index in [9.17, 15) is 9.90 Å². The van der Waals surface area contributed by atoms with Crippen molar-refractivity contribution in [3.63, 3.8) is 0 Å². The van der Waals surface area contributed by atoms with Crippen LogP contribution in [-0.2, 0) is 0 Å². The number of rotatable bonds is 6. The number of thiophene rings is 1. The van der Waals surface area contributed by atoms with Gasteiger partial charge >= 0.3 is 0 Å². The molecule has 1 aromatic carbocycles. The second kappa shape index (κ2) is 7.72. The number of hydrogen-bond donors (Lipinski definition) is 2. The quantitative estimate of drug-likeness (QED) is 0.721. The van der Waals surface area contributed by atoms with Crippen LogP contribution < -0.4 is 10.1 Å². The fourth-order valence-corrected chi connectivity index (χ4v) is 2.82. The number of aromatic nitrogens is 1. The van der Waals surface area contributed by atoms with Gasteiger partial charge in [-0.05, 0) is 52.7 Å². The van der Waals surface area contributed by atoms with Gasteiger partial charge in [0, 0.05) is 24.5 Å². The number of hydrogen-bond acceptors (Lipinski definition) is 5. The zero-order chi connectivity index (χ0) is 16.8. The van der Waals surface area contributed by atoms with Gasteiger partial charge < -0.3 is 15.2 Å². The predicted molar refractivity (Wildman–Crippen MR) is 92.4 cm³/mol. The number of ether oxygens (including phenoxy) is 1. The van der Waals surface area contributed by atoms with Crippen molar-refractivity contribution in [3.8, 4) is 11.5 Å². The average molecular weight is 340 g/mol. The highest BCUT2D eigenvalue weighted by molar-refractivity contribution is 7.07. The van der Waals surface area contributed by atoms with Crippen molar-refractivity contribution >= 4 is 17.2 Å². The minimum atomic E-state index is -0.712. The predicted octanol–water partition coefficient (Wildman–Crippen LogP) is 3.40. The van der Waals surface area contributed by atoms with Gasteiger partial charge in [-0.3, -0.25) is 9.78 Å². The summed E-state index contributed by atoms with van der Waals surface area (Å²) in [6.45, 7) is 0.158. The Hall–Kier alpha value is -2.70.